The summed E-state index contributed by atoms with van der Waals surface area (Å²) < 4.78 is 30.1. The fraction of sp³-hybridized carbons (Fsp3) is 0.478. The van der Waals surface area contributed by atoms with Crippen molar-refractivity contribution in [3.05, 3.63) is 59.2 Å². The molecular weight excluding hydrogens is 481 g/mol. The minimum atomic E-state index is -3.65. The smallest absolute Gasteiger partial charge is 0.262 e. The van der Waals surface area contributed by atoms with E-state index in [-0.39, 0.29) is 16.9 Å². The van der Waals surface area contributed by atoms with Crippen LogP contribution in [-0.2, 0) is 27.3 Å². The van der Waals surface area contributed by atoms with Gasteiger partial charge in [-0.1, -0.05) is 88.4 Å². The fourth-order valence-electron chi connectivity index (χ4n) is 3.60. The summed E-state index contributed by atoms with van der Waals surface area (Å²) in [5.74, 6) is 0. The first-order valence-corrected chi connectivity index (χ1v) is 12.7. The molecule has 0 unspecified atom stereocenters. The zero-order chi connectivity index (χ0) is 20.9. The number of sulfonamides is 1. The molecule has 0 amide bonds. The van der Waals surface area contributed by atoms with Gasteiger partial charge in [0.15, 0.2) is 0 Å². The lowest BCUT2D eigenvalue weighted by Gasteiger charge is -2.29. The van der Waals surface area contributed by atoms with Gasteiger partial charge in [0.25, 0.3) is 10.0 Å². The molecule has 0 saturated carbocycles. The number of para-hydroxylation sites is 1. The Morgan fingerprint density at radius 2 is 1.50 bits per heavy atom. The van der Waals surface area contributed by atoms with Crippen molar-refractivity contribution >= 4 is 38.3 Å². The van der Waals surface area contributed by atoms with Crippen LogP contribution in [0.25, 0.3) is 0 Å². The van der Waals surface area contributed by atoms with Crippen LogP contribution >= 0.6 is 22.6 Å². The molecule has 0 aliphatic carbocycles. The summed E-state index contributed by atoms with van der Waals surface area (Å²) in [5.41, 5.74) is 3.78. The monoisotopic (exact) mass is 511 g/mol. The van der Waals surface area contributed by atoms with E-state index in [1.165, 1.54) is 0 Å². The number of halogens is 1. The summed E-state index contributed by atoms with van der Waals surface area (Å²) >= 11 is 2.30. The van der Waals surface area contributed by atoms with Crippen LogP contribution in [0.2, 0.25) is 0 Å². The summed E-state index contributed by atoms with van der Waals surface area (Å²) in [6, 6.07) is 13.7. The van der Waals surface area contributed by atoms with Crippen LogP contribution in [0.3, 0.4) is 0 Å². The second-order valence-corrected chi connectivity index (χ2v) is 12.4. The molecule has 1 aliphatic rings. The van der Waals surface area contributed by atoms with Gasteiger partial charge in [-0.2, -0.15) is 0 Å². The third-order valence-electron chi connectivity index (χ3n) is 5.39. The molecule has 3 nitrogen and oxygen atoms in total. The molecule has 1 heterocycles. The van der Waals surface area contributed by atoms with Crippen molar-refractivity contribution < 1.29 is 8.42 Å². The predicted octanol–water partition coefficient (Wildman–Crippen LogP) is 5.84. The molecule has 0 spiro atoms. The molecule has 1 aliphatic heterocycles. The van der Waals surface area contributed by atoms with Gasteiger partial charge in [-0.3, -0.25) is 4.31 Å². The van der Waals surface area contributed by atoms with Gasteiger partial charge in [0, 0.05) is 4.43 Å². The Hall–Kier alpha value is -1.08. The number of alkyl halides is 1. The Labute approximate surface area is 183 Å². The van der Waals surface area contributed by atoms with Crippen LogP contribution in [0.4, 0.5) is 5.69 Å². The molecule has 2 aromatic rings. The van der Waals surface area contributed by atoms with Crippen molar-refractivity contribution in [2.45, 2.75) is 69.7 Å². The standard InChI is InChI=1S/C23H30INO2S/c1-22(2,3)17-12-18(23(4,5)6)14-20(13-17)28(26,27)25-19(15-24)11-16-9-7-8-10-21(16)25/h7-10,12-14,19H,11,15H2,1-6H3/t19-/m0/s1. The van der Waals surface area contributed by atoms with E-state index in [4.69, 9.17) is 0 Å². The zero-order valence-electron chi connectivity index (χ0n) is 17.6. The highest BCUT2D eigenvalue weighted by Gasteiger charge is 2.38. The summed E-state index contributed by atoms with van der Waals surface area (Å²) in [7, 11) is -3.65. The molecule has 0 aromatic heterocycles. The van der Waals surface area contributed by atoms with Crippen molar-refractivity contribution in [2.75, 3.05) is 8.73 Å². The van der Waals surface area contributed by atoms with Crippen LogP contribution in [-0.4, -0.2) is 18.9 Å². The van der Waals surface area contributed by atoms with Crippen molar-refractivity contribution in [1.29, 1.82) is 0 Å². The average Bonchev–Trinajstić information content (AvgIpc) is 2.99. The number of hydrogen-bond acceptors (Lipinski definition) is 2. The minimum Gasteiger partial charge on any atom is -0.262 e. The quantitative estimate of drug-likeness (QED) is 0.384. The van der Waals surface area contributed by atoms with Crippen LogP contribution in [0.5, 0.6) is 0 Å². The molecule has 1 atom stereocenters. The van der Waals surface area contributed by atoms with Gasteiger partial charge in [-0.25, -0.2) is 8.42 Å². The molecule has 0 bridgehead atoms. The SMILES string of the molecule is CC(C)(C)c1cc(C(C)(C)C)cc(S(=O)(=O)N2c3ccccc3C[C@H]2CI)c1. The van der Waals surface area contributed by atoms with E-state index in [9.17, 15) is 8.42 Å². The van der Waals surface area contributed by atoms with Crippen LogP contribution < -0.4 is 4.31 Å². The predicted molar refractivity (Wildman–Crippen MR) is 126 cm³/mol. The first-order valence-electron chi connectivity index (χ1n) is 9.70. The third kappa shape index (κ3) is 3.97. The number of benzene rings is 2. The Kier molecular flexibility index (Phi) is 5.65. The first kappa shape index (κ1) is 21.6. The van der Waals surface area contributed by atoms with Gasteiger partial charge >= 0.3 is 0 Å². The highest BCUT2D eigenvalue weighted by molar-refractivity contribution is 14.1. The number of nitrogens with zero attached hydrogens (tertiary/aromatic N) is 1. The lowest BCUT2D eigenvalue weighted by atomic mass is 9.81. The van der Waals surface area contributed by atoms with E-state index in [1.54, 1.807) is 4.31 Å². The van der Waals surface area contributed by atoms with Crippen molar-refractivity contribution in [3.63, 3.8) is 0 Å². The molecular formula is C23H30INO2S. The molecule has 3 rings (SSSR count). The second-order valence-electron chi connectivity index (χ2n) is 9.69. The van der Waals surface area contributed by atoms with E-state index < -0.39 is 10.0 Å². The summed E-state index contributed by atoms with van der Waals surface area (Å²) in [6.07, 6.45) is 0.767. The Bertz CT molecular complexity index is 952. The van der Waals surface area contributed by atoms with Gasteiger partial charge in [-0.05, 0) is 52.1 Å². The van der Waals surface area contributed by atoms with E-state index in [1.807, 2.05) is 36.4 Å². The van der Waals surface area contributed by atoms with Gasteiger partial charge in [0.05, 0.1) is 16.6 Å². The maximum absolute atomic E-state index is 13.8. The van der Waals surface area contributed by atoms with E-state index in [0.717, 1.165) is 33.2 Å². The van der Waals surface area contributed by atoms with Gasteiger partial charge in [0.1, 0.15) is 0 Å². The van der Waals surface area contributed by atoms with E-state index >= 15 is 0 Å². The fourth-order valence-corrected chi connectivity index (χ4v) is 6.33. The van der Waals surface area contributed by atoms with E-state index in [0.29, 0.717) is 4.90 Å². The minimum absolute atomic E-state index is 0.0422. The topological polar surface area (TPSA) is 37.4 Å². The molecule has 0 radical (unpaired) electrons. The Balaban J connectivity index is 2.22. The largest absolute Gasteiger partial charge is 0.264 e. The molecule has 0 saturated heterocycles. The Morgan fingerprint density at radius 3 is 2.00 bits per heavy atom. The van der Waals surface area contributed by atoms with Gasteiger partial charge in [0.2, 0.25) is 0 Å². The molecule has 28 heavy (non-hydrogen) atoms. The highest BCUT2D eigenvalue weighted by atomic mass is 127. The van der Waals surface area contributed by atoms with Crippen molar-refractivity contribution in [2.24, 2.45) is 0 Å². The summed E-state index contributed by atoms with van der Waals surface area (Å²) in [4.78, 5) is 0.399. The average molecular weight is 511 g/mol. The Morgan fingerprint density at radius 1 is 0.964 bits per heavy atom. The van der Waals surface area contributed by atoms with Crippen molar-refractivity contribution in [1.82, 2.24) is 0 Å². The van der Waals surface area contributed by atoms with Gasteiger partial charge < -0.3 is 0 Å². The zero-order valence-corrected chi connectivity index (χ0v) is 20.6. The number of rotatable bonds is 3. The molecule has 2 aromatic carbocycles. The highest BCUT2D eigenvalue weighted by Crippen LogP contribution is 2.39. The van der Waals surface area contributed by atoms with Gasteiger partial charge in [-0.15, -0.1) is 0 Å². The summed E-state index contributed by atoms with van der Waals surface area (Å²) in [5, 5.41) is 0. The van der Waals surface area contributed by atoms with Crippen LogP contribution in [0, 0.1) is 0 Å². The maximum Gasteiger partial charge on any atom is 0.264 e. The maximum atomic E-state index is 13.8. The second kappa shape index (κ2) is 7.31. The van der Waals surface area contributed by atoms with Crippen molar-refractivity contribution in [3.8, 4) is 0 Å². The summed E-state index contributed by atoms with van der Waals surface area (Å²) in [6.45, 7) is 12.8. The normalized spacial score (nSPS) is 17.7. The molecule has 152 valence electrons. The third-order valence-corrected chi connectivity index (χ3v) is 8.25. The van der Waals surface area contributed by atoms with Crippen LogP contribution in [0.1, 0.15) is 58.2 Å². The number of hydrogen-bond donors (Lipinski definition) is 0. The van der Waals surface area contributed by atoms with Crippen LogP contribution in [0.15, 0.2) is 47.4 Å². The van der Waals surface area contributed by atoms with E-state index in [2.05, 4.69) is 70.2 Å². The molecule has 0 fully saturated rings. The number of anilines is 1. The lowest BCUT2D eigenvalue weighted by Crippen LogP contribution is -2.39. The lowest BCUT2D eigenvalue weighted by molar-refractivity contribution is 0.561. The molecule has 0 N–H and O–H groups in total. The number of fused-ring (bicyclic) bond motifs is 1. The first-order chi connectivity index (χ1) is 12.9. The molecule has 5 heteroatoms.